The van der Waals surface area contributed by atoms with Gasteiger partial charge < -0.3 is 9.47 Å². The first kappa shape index (κ1) is 21.8. The lowest BCUT2D eigenvalue weighted by Crippen LogP contribution is -2.23. The van der Waals surface area contributed by atoms with E-state index in [1.54, 1.807) is 31.4 Å². The van der Waals surface area contributed by atoms with Crippen LogP contribution >= 0.6 is 0 Å². The third-order valence-electron chi connectivity index (χ3n) is 6.55. The number of carbonyl (C=O) groups is 2. The Balaban J connectivity index is 1.60. The van der Waals surface area contributed by atoms with Gasteiger partial charge in [0.25, 0.3) is 0 Å². The minimum atomic E-state index is -0.482. The van der Waals surface area contributed by atoms with Gasteiger partial charge in [-0.05, 0) is 71.8 Å². The Bertz CT molecular complexity index is 1190. The predicted octanol–water partition coefficient (Wildman–Crippen LogP) is 6.10. The van der Waals surface area contributed by atoms with Gasteiger partial charge in [0.15, 0.2) is 5.78 Å². The number of esters is 1. The van der Waals surface area contributed by atoms with Crippen LogP contribution in [-0.4, -0.2) is 18.9 Å². The molecule has 4 nitrogen and oxygen atoms in total. The largest absolute Gasteiger partial charge is 0.497 e. The third-order valence-corrected chi connectivity index (χ3v) is 6.55. The quantitative estimate of drug-likeness (QED) is 0.280. The maximum absolute atomic E-state index is 12.6. The molecule has 164 valence electrons. The Labute approximate surface area is 189 Å². The van der Waals surface area contributed by atoms with Crippen LogP contribution in [0.15, 0.2) is 66.7 Å². The number of hydrogen-bond acceptors (Lipinski definition) is 4. The molecule has 32 heavy (non-hydrogen) atoms. The molecule has 1 aliphatic rings. The van der Waals surface area contributed by atoms with Crippen molar-refractivity contribution >= 4 is 11.8 Å². The lowest BCUT2D eigenvalue weighted by atomic mass is 9.75. The second-order valence-corrected chi connectivity index (χ2v) is 9.36. The van der Waals surface area contributed by atoms with Gasteiger partial charge in [0.05, 0.1) is 12.7 Å². The van der Waals surface area contributed by atoms with Crippen molar-refractivity contribution < 1.29 is 19.1 Å². The smallest absolute Gasteiger partial charge is 0.343 e. The number of ether oxygens (including phenoxy) is 2. The molecule has 3 aromatic rings. The fourth-order valence-electron chi connectivity index (χ4n) is 4.95. The number of ketones is 1. The normalized spacial score (nSPS) is 18.7. The number of carbonyl (C=O) groups excluding carboxylic acids is 2. The van der Waals surface area contributed by atoms with Gasteiger partial charge >= 0.3 is 5.97 Å². The summed E-state index contributed by atoms with van der Waals surface area (Å²) in [5.41, 5.74) is 4.48. The van der Waals surface area contributed by atoms with Crippen molar-refractivity contribution in [2.24, 2.45) is 0 Å². The fourth-order valence-corrected chi connectivity index (χ4v) is 4.95. The van der Waals surface area contributed by atoms with Crippen LogP contribution in [0.25, 0.3) is 0 Å². The Morgan fingerprint density at radius 3 is 2.12 bits per heavy atom. The highest BCUT2D eigenvalue weighted by molar-refractivity contribution is 5.98. The molecular formula is C28H28O4. The first-order valence-corrected chi connectivity index (χ1v) is 10.8. The number of rotatable bonds is 5. The standard InChI is InChI=1S/C28H28O4/c1-18(29)19-7-6-8-20(15-19)26(30)32-22-11-9-21(10-12-22)28(4)17-27(2,3)24-14-13-23(31-5)16-25(24)28/h6-16H,17H2,1-5H3/t28-/m0/s1. The predicted molar refractivity (Wildman–Crippen MR) is 125 cm³/mol. The highest BCUT2D eigenvalue weighted by Crippen LogP contribution is 2.53. The lowest BCUT2D eigenvalue weighted by molar-refractivity contribution is 0.0734. The first-order valence-electron chi connectivity index (χ1n) is 10.8. The van der Waals surface area contributed by atoms with Crippen molar-refractivity contribution in [3.05, 3.63) is 94.5 Å². The number of Topliss-reactive ketones (excluding diaryl/α,β-unsaturated/α-hetero) is 1. The van der Waals surface area contributed by atoms with Crippen molar-refractivity contribution in [3.63, 3.8) is 0 Å². The van der Waals surface area contributed by atoms with E-state index in [9.17, 15) is 9.59 Å². The average Bonchev–Trinajstić information content (AvgIpc) is 2.99. The van der Waals surface area contributed by atoms with Gasteiger partial charge in [-0.15, -0.1) is 0 Å². The molecule has 0 saturated heterocycles. The minimum Gasteiger partial charge on any atom is -0.497 e. The first-order chi connectivity index (χ1) is 15.1. The molecule has 0 radical (unpaired) electrons. The summed E-state index contributed by atoms with van der Waals surface area (Å²) < 4.78 is 11.0. The average molecular weight is 429 g/mol. The fraction of sp³-hybridized carbons (Fsp3) is 0.286. The van der Waals surface area contributed by atoms with E-state index in [0.29, 0.717) is 16.9 Å². The van der Waals surface area contributed by atoms with Crippen molar-refractivity contribution in [3.8, 4) is 11.5 Å². The van der Waals surface area contributed by atoms with E-state index in [4.69, 9.17) is 9.47 Å². The summed E-state index contributed by atoms with van der Waals surface area (Å²) in [5, 5.41) is 0. The summed E-state index contributed by atoms with van der Waals surface area (Å²) >= 11 is 0. The van der Waals surface area contributed by atoms with E-state index in [0.717, 1.165) is 17.7 Å². The van der Waals surface area contributed by atoms with Gasteiger partial charge in [0.2, 0.25) is 0 Å². The van der Waals surface area contributed by atoms with E-state index in [1.165, 1.54) is 18.1 Å². The van der Waals surface area contributed by atoms with Crippen LogP contribution in [-0.2, 0) is 10.8 Å². The van der Waals surface area contributed by atoms with Crippen LogP contribution in [0.2, 0.25) is 0 Å². The Morgan fingerprint density at radius 1 is 0.812 bits per heavy atom. The van der Waals surface area contributed by atoms with Gasteiger partial charge in [-0.2, -0.15) is 0 Å². The zero-order valence-electron chi connectivity index (χ0n) is 19.2. The molecule has 4 heteroatoms. The molecule has 0 aliphatic heterocycles. The molecule has 0 heterocycles. The van der Waals surface area contributed by atoms with Gasteiger partial charge in [-0.25, -0.2) is 4.79 Å². The Morgan fingerprint density at radius 2 is 1.47 bits per heavy atom. The van der Waals surface area contributed by atoms with Crippen LogP contribution in [0.5, 0.6) is 11.5 Å². The van der Waals surface area contributed by atoms with E-state index in [2.05, 4.69) is 32.9 Å². The summed E-state index contributed by atoms with van der Waals surface area (Å²) in [6, 6.07) is 20.6. The maximum Gasteiger partial charge on any atom is 0.343 e. The SMILES string of the molecule is COc1ccc2c(c1)[C@](C)(c1ccc(OC(=O)c3cccc(C(C)=O)c3)cc1)CC2(C)C. The van der Waals surface area contributed by atoms with Crippen molar-refractivity contribution in [2.45, 2.75) is 44.9 Å². The lowest BCUT2D eigenvalue weighted by Gasteiger charge is -2.28. The van der Waals surface area contributed by atoms with Crippen molar-refractivity contribution in [1.29, 1.82) is 0 Å². The maximum atomic E-state index is 12.6. The zero-order valence-corrected chi connectivity index (χ0v) is 19.2. The molecule has 0 unspecified atom stereocenters. The Kier molecular flexibility index (Phi) is 5.41. The summed E-state index contributed by atoms with van der Waals surface area (Å²) in [6.07, 6.45) is 0.972. The minimum absolute atomic E-state index is 0.0449. The van der Waals surface area contributed by atoms with Gasteiger partial charge in [-0.1, -0.05) is 51.1 Å². The monoisotopic (exact) mass is 428 g/mol. The molecule has 0 spiro atoms. The summed E-state index contributed by atoms with van der Waals surface area (Å²) in [7, 11) is 1.69. The van der Waals surface area contributed by atoms with Crippen LogP contribution < -0.4 is 9.47 Å². The second-order valence-electron chi connectivity index (χ2n) is 9.36. The topological polar surface area (TPSA) is 52.6 Å². The third kappa shape index (κ3) is 3.81. The molecule has 0 bridgehead atoms. The van der Waals surface area contributed by atoms with Gasteiger partial charge in [0.1, 0.15) is 11.5 Å². The van der Waals surface area contributed by atoms with Crippen LogP contribution in [0.4, 0.5) is 0 Å². The summed E-state index contributed by atoms with van der Waals surface area (Å²) in [6.45, 7) is 8.28. The van der Waals surface area contributed by atoms with E-state index >= 15 is 0 Å². The van der Waals surface area contributed by atoms with E-state index < -0.39 is 5.97 Å². The van der Waals surface area contributed by atoms with Crippen LogP contribution in [0.1, 0.15) is 71.5 Å². The van der Waals surface area contributed by atoms with E-state index in [-0.39, 0.29) is 16.6 Å². The van der Waals surface area contributed by atoms with Gasteiger partial charge in [0, 0.05) is 11.0 Å². The number of benzene rings is 3. The molecule has 4 rings (SSSR count). The van der Waals surface area contributed by atoms with Crippen LogP contribution in [0, 0.1) is 0 Å². The molecule has 1 atom stereocenters. The molecule has 0 fully saturated rings. The summed E-state index contributed by atoms with van der Waals surface area (Å²) in [4.78, 5) is 24.2. The molecule has 0 amide bonds. The zero-order chi connectivity index (χ0) is 23.1. The van der Waals surface area contributed by atoms with Gasteiger partial charge in [-0.3, -0.25) is 4.79 Å². The van der Waals surface area contributed by atoms with Crippen molar-refractivity contribution in [2.75, 3.05) is 7.11 Å². The summed E-state index contributed by atoms with van der Waals surface area (Å²) in [5.74, 6) is 0.752. The molecule has 0 saturated carbocycles. The number of hydrogen-bond donors (Lipinski definition) is 0. The molecule has 3 aromatic carbocycles. The second kappa shape index (κ2) is 7.94. The Hall–Kier alpha value is -3.40. The van der Waals surface area contributed by atoms with Crippen LogP contribution in [0.3, 0.4) is 0 Å². The number of methoxy groups -OCH3 is 1. The van der Waals surface area contributed by atoms with Crippen molar-refractivity contribution in [1.82, 2.24) is 0 Å². The molecule has 0 N–H and O–H groups in total. The highest BCUT2D eigenvalue weighted by Gasteiger charge is 2.45. The highest BCUT2D eigenvalue weighted by atomic mass is 16.5. The molecule has 0 aromatic heterocycles. The van der Waals surface area contributed by atoms with E-state index in [1.807, 2.05) is 30.3 Å². The number of fused-ring (bicyclic) bond motifs is 1. The molecular weight excluding hydrogens is 400 g/mol. The molecule has 1 aliphatic carbocycles.